The third-order valence-electron chi connectivity index (χ3n) is 2.22. The van der Waals surface area contributed by atoms with Gasteiger partial charge in [0.1, 0.15) is 5.82 Å². The summed E-state index contributed by atoms with van der Waals surface area (Å²) >= 11 is 0. The van der Waals surface area contributed by atoms with E-state index in [2.05, 4.69) is 5.10 Å². The topological polar surface area (TPSA) is 60.9 Å². The first-order chi connectivity index (χ1) is 7.56. The second kappa shape index (κ2) is 3.77. The molecule has 1 aromatic carbocycles. The molecule has 0 atom stereocenters. The van der Waals surface area contributed by atoms with Crippen molar-refractivity contribution in [2.45, 2.75) is 0 Å². The van der Waals surface area contributed by atoms with E-state index in [9.17, 15) is 9.18 Å². The van der Waals surface area contributed by atoms with Gasteiger partial charge in [0.05, 0.1) is 6.20 Å². The van der Waals surface area contributed by atoms with Crippen molar-refractivity contribution in [1.82, 2.24) is 9.78 Å². The number of carbonyl (C=O) groups is 1. The van der Waals surface area contributed by atoms with Gasteiger partial charge in [-0.05, 0) is 23.8 Å². The minimum atomic E-state index is -0.648. The lowest BCUT2D eigenvalue weighted by Crippen LogP contribution is -2.11. The largest absolute Gasteiger partial charge is 0.366 e. The molecule has 16 heavy (non-hydrogen) atoms. The predicted molar refractivity (Wildman–Crippen MR) is 57.1 cm³/mol. The van der Waals surface area contributed by atoms with Crippen LogP contribution in [0.25, 0.3) is 11.1 Å². The first kappa shape index (κ1) is 10.4. The molecule has 5 heteroatoms. The number of benzene rings is 1. The highest BCUT2D eigenvalue weighted by Crippen LogP contribution is 2.21. The molecule has 0 fully saturated rings. The number of hydrogen-bond donors (Lipinski definition) is 1. The molecule has 2 rings (SSSR count). The van der Waals surface area contributed by atoms with Gasteiger partial charge >= 0.3 is 0 Å². The minimum Gasteiger partial charge on any atom is -0.366 e. The van der Waals surface area contributed by atoms with Gasteiger partial charge in [-0.3, -0.25) is 9.48 Å². The standard InChI is InChI=1S/C11H10FN3O/c1-15-6-9(5-14-15)7-2-8(11(13)16)4-10(12)3-7/h2-6H,1H3,(H2,13,16). The van der Waals surface area contributed by atoms with Crippen LogP contribution in [0.2, 0.25) is 0 Å². The maximum absolute atomic E-state index is 13.2. The molecular weight excluding hydrogens is 209 g/mol. The molecule has 1 amide bonds. The highest BCUT2D eigenvalue weighted by Gasteiger charge is 2.08. The summed E-state index contributed by atoms with van der Waals surface area (Å²) in [6, 6.07) is 3.99. The third-order valence-corrected chi connectivity index (χ3v) is 2.22. The van der Waals surface area contributed by atoms with Crippen molar-refractivity contribution in [2.75, 3.05) is 0 Å². The van der Waals surface area contributed by atoms with Gasteiger partial charge in [-0.15, -0.1) is 0 Å². The number of nitrogens with two attached hydrogens (primary N) is 1. The lowest BCUT2D eigenvalue weighted by molar-refractivity contribution is 0.1000. The smallest absolute Gasteiger partial charge is 0.248 e. The van der Waals surface area contributed by atoms with Crippen LogP contribution >= 0.6 is 0 Å². The van der Waals surface area contributed by atoms with E-state index in [4.69, 9.17) is 5.73 Å². The van der Waals surface area contributed by atoms with Gasteiger partial charge in [-0.2, -0.15) is 5.10 Å². The Labute approximate surface area is 91.5 Å². The van der Waals surface area contributed by atoms with Crippen LogP contribution in [0.1, 0.15) is 10.4 Å². The minimum absolute atomic E-state index is 0.152. The number of aromatic nitrogens is 2. The van der Waals surface area contributed by atoms with Crippen molar-refractivity contribution >= 4 is 5.91 Å². The van der Waals surface area contributed by atoms with E-state index in [-0.39, 0.29) is 5.56 Å². The van der Waals surface area contributed by atoms with Crippen LogP contribution in [-0.4, -0.2) is 15.7 Å². The monoisotopic (exact) mass is 219 g/mol. The molecule has 0 aliphatic rings. The summed E-state index contributed by atoms with van der Waals surface area (Å²) in [5, 5.41) is 3.98. The molecule has 4 nitrogen and oxygen atoms in total. The van der Waals surface area contributed by atoms with Crippen molar-refractivity contribution in [3.8, 4) is 11.1 Å². The van der Waals surface area contributed by atoms with E-state index in [0.29, 0.717) is 5.56 Å². The molecule has 0 unspecified atom stereocenters. The Kier molecular flexibility index (Phi) is 2.44. The fourth-order valence-electron chi connectivity index (χ4n) is 1.47. The maximum Gasteiger partial charge on any atom is 0.248 e. The van der Waals surface area contributed by atoms with Crippen molar-refractivity contribution in [3.63, 3.8) is 0 Å². The number of hydrogen-bond acceptors (Lipinski definition) is 2. The van der Waals surface area contributed by atoms with Crippen LogP contribution in [0.5, 0.6) is 0 Å². The summed E-state index contributed by atoms with van der Waals surface area (Å²) in [5.74, 6) is -1.14. The summed E-state index contributed by atoms with van der Waals surface area (Å²) in [5.41, 5.74) is 6.59. The molecular formula is C11H10FN3O. The number of aryl methyl sites for hydroxylation is 1. The average molecular weight is 219 g/mol. The average Bonchev–Trinajstić information content (AvgIpc) is 2.64. The lowest BCUT2D eigenvalue weighted by Gasteiger charge is -2.01. The van der Waals surface area contributed by atoms with Gasteiger partial charge < -0.3 is 5.73 Å². The van der Waals surface area contributed by atoms with Crippen molar-refractivity contribution in [3.05, 3.63) is 42.0 Å². The molecule has 82 valence electrons. The number of halogens is 1. The molecule has 0 aliphatic carbocycles. The fourth-order valence-corrected chi connectivity index (χ4v) is 1.47. The first-order valence-electron chi connectivity index (χ1n) is 4.65. The van der Waals surface area contributed by atoms with Crippen LogP contribution in [0.4, 0.5) is 4.39 Å². The number of primary amides is 1. The van der Waals surface area contributed by atoms with E-state index in [1.807, 2.05) is 0 Å². The Hall–Kier alpha value is -2.17. The molecule has 1 aromatic heterocycles. The molecule has 2 N–H and O–H groups in total. The van der Waals surface area contributed by atoms with Crippen molar-refractivity contribution in [1.29, 1.82) is 0 Å². The Morgan fingerprint density at radius 2 is 2.12 bits per heavy atom. The van der Waals surface area contributed by atoms with Crippen LogP contribution in [0, 0.1) is 5.82 Å². The number of nitrogens with zero attached hydrogens (tertiary/aromatic N) is 2. The Morgan fingerprint density at radius 1 is 1.38 bits per heavy atom. The van der Waals surface area contributed by atoms with E-state index < -0.39 is 11.7 Å². The Balaban J connectivity index is 2.53. The van der Waals surface area contributed by atoms with Gasteiger partial charge in [0.15, 0.2) is 0 Å². The molecule has 1 heterocycles. The van der Waals surface area contributed by atoms with E-state index >= 15 is 0 Å². The van der Waals surface area contributed by atoms with Gasteiger partial charge in [0, 0.05) is 24.4 Å². The SMILES string of the molecule is Cn1cc(-c2cc(F)cc(C(N)=O)c2)cn1. The summed E-state index contributed by atoms with van der Waals surface area (Å²) in [7, 11) is 1.76. The normalized spacial score (nSPS) is 10.4. The van der Waals surface area contributed by atoms with Gasteiger partial charge in [-0.25, -0.2) is 4.39 Å². The quantitative estimate of drug-likeness (QED) is 0.828. The van der Waals surface area contributed by atoms with Gasteiger partial charge in [0.2, 0.25) is 5.91 Å². The van der Waals surface area contributed by atoms with Gasteiger partial charge in [0.25, 0.3) is 0 Å². The molecule has 0 aliphatic heterocycles. The second-order valence-electron chi connectivity index (χ2n) is 3.50. The highest BCUT2D eigenvalue weighted by molar-refractivity contribution is 5.94. The fraction of sp³-hybridized carbons (Fsp3) is 0.0909. The first-order valence-corrected chi connectivity index (χ1v) is 4.65. The summed E-state index contributed by atoms with van der Waals surface area (Å²) in [4.78, 5) is 11.0. The molecule has 0 bridgehead atoms. The number of carbonyl (C=O) groups excluding carboxylic acids is 1. The van der Waals surface area contributed by atoms with Crippen molar-refractivity contribution < 1.29 is 9.18 Å². The second-order valence-corrected chi connectivity index (χ2v) is 3.50. The zero-order valence-corrected chi connectivity index (χ0v) is 8.64. The van der Waals surface area contributed by atoms with Crippen molar-refractivity contribution in [2.24, 2.45) is 12.8 Å². The Morgan fingerprint density at radius 3 is 2.69 bits per heavy atom. The zero-order chi connectivity index (χ0) is 11.7. The number of rotatable bonds is 2. The zero-order valence-electron chi connectivity index (χ0n) is 8.64. The number of amides is 1. The summed E-state index contributed by atoms with van der Waals surface area (Å²) in [6.07, 6.45) is 3.33. The Bertz CT molecular complexity index is 548. The van der Waals surface area contributed by atoms with Crippen LogP contribution in [0.15, 0.2) is 30.6 Å². The van der Waals surface area contributed by atoms with Gasteiger partial charge in [-0.1, -0.05) is 0 Å². The highest BCUT2D eigenvalue weighted by atomic mass is 19.1. The maximum atomic E-state index is 13.2. The van der Waals surface area contributed by atoms with E-state index in [1.54, 1.807) is 30.2 Å². The predicted octanol–water partition coefficient (Wildman–Crippen LogP) is 1.33. The third kappa shape index (κ3) is 1.93. The molecule has 0 saturated heterocycles. The van der Waals surface area contributed by atoms with Crippen LogP contribution in [0.3, 0.4) is 0 Å². The molecule has 0 radical (unpaired) electrons. The molecule has 0 saturated carbocycles. The molecule has 2 aromatic rings. The van der Waals surface area contributed by atoms with E-state index in [1.165, 1.54) is 6.07 Å². The summed E-state index contributed by atoms with van der Waals surface area (Å²) < 4.78 is 14.8. The van der Waals surface area contributed by atoms with Crippen LogP contribution in [-0.2, 0) is 7.05 Å². The molecule has 0 spiro atoms. The summed E-state index contributed by atoms with van der Waals surface area (Å²) in [6.45, 7) is 0. The van der Waals surface area contributed by atoms with Crippen LogP contribution < -0.4 is 5.73 Å². The van der Waals surface area contributed by atoms with E-state index in [0.717, 1.165) is 11.6 Å². The lowest BCUT2D eigenvalue weighted by atomic mass is 10.1.